The monoisotopic (exact) mass is 203 g/mol. The van der Waals surface area contributed by atoms with Gasteiger partial charge >= 0.3 is 0 Å². The van der Waals surface area contributed by atoms with Crippen molar-refractivity contribution >= 4 is 0 Å². The van der Waals surface area contributed by atoms with Gasteiger partial charge in [0.15, 0.2) is 0 Å². The van der Waals surface area contributed by atoms with Crippen molar-refractivity contribution < 1.29 is 9.94 Å². The normalized spacial score (nSPS) is 13.1. The van der Waals surface area contributed by atoms with Crippen molar-refractivity contribution in [3.63, 3.8) is 0 Å². The van der Waals surface area contributed by atoms with Crippen LogP contribution in [0.1, 0.15) is 52.4 Å². The van der Waals surface area contributed by atoms with Crippen molar-refractivity contribution in [2.75, 3.05) is 13.2 Å². The van der Waals surface area contributed by atoms with Crippen LogP contribution >= 0.6 is 0 Å². The van der Waals surface area contributed by atoms with Crippen molar-refractivity contribution in [2.24, 2.45) is 0 Å². The van der Waals surface area contributed by atoms with Crippen LogP contribution in [-0.2, 0) is 4.84 Å². The summed E-state index contributed by atoms with van der Waals surface area (Å²) in [5, 5.41) is 8.91. The van der Waals surface area contributed by atoms with Crippen LogP contribution in [0, 0.1) is 0 Å². The van der Waals surface area contributed by atoms with Crippen LogP contribution in [0.5, 0.6) is 0 Å². The zero-order chi connectivity index (χ0) is 10.6. The van der Waals surface area contributed by atoms with Gasteiger partial charge < -0.3 is 9.94 Å². The second kappa shape index (κ2) is 11.0. The van der Waals surface area contributed by atoms with Crippen molar-refractivity contribution in [2.45, 2.75) is 58.5 Å². The minimum Gasteiger partial charge on any atom is -0.392 e. The molecule has 0 saturated heterocycles. The van der Waals surface area contributed by atoms with Gasteiger partial charge in [-0.1, -0.05) is 39.0 Å². The average Bonchev–Trinajstić information content (AvgIpc) is 2.15. The third-order valence-corrected chi connectivity index (χ3v) is 2.08. The standard InChI is InChI=1S/C11H25NO2/c1-3-4-5-6-7-8-9-14-12-10-11(2)13/h11-13H,3-10H2,1-2H3. The van der Waals surface area contributed by atoms with E-state index in [4.69, 9.17) is 9.94 Å². The summed E-state index contributed by atoms with van der Waals surface area (Å²) in [6.45, 7) is 5.22. The third-order valence-electron chi connectivity index (χ3n) is 2.08. The molecule has 0 fully saturated rings. The Kier molecular flexibility index (Phi) is 10.9. The molecule has 14 heavy (non-hydrogen) atoms. The molecule has 3 nitrogen and oxygen atoms in total. The largest absolute Gasteiger partial charge is 0.392 e. The van der Waals surface area contributed by atoms with E-state index in [1.54, 1.807) is 6.92 Å². The minimum atomic E-state index is -0.334. The van der Waals surface area contributed by atoms with E-state index in [0.29, 0.717) is 6.54 Å². The molecule has 0 aliphatic rings. The van der Waals surface area contributed by atoms with Crippen LogP contribution in [0.4, 0.5) is 0 Å². The third kappa shape index (κ3) is 11.9. The Morgan fingerprint density at radius 2 is 1.79 bits per heavy atom. The molecule has 86 valence electrons. The van der Waals surface area contributed by atoms with Crippen molar-refractivity contribution in [3.8, 4) is 0 Å². The molecule has 0 amide bonds. The first-order chi connectivity index (χ1) is 6.77. The van der Waals surface area contributed by atoms with E-state index < -0.39 is 0 Å². The van der Waals surface area contributed by atoms with Gasteiger partial charge in [0.1, 0.15) is 0 Å². The maximum Gasteiger partial charge on any atom is 0.0682 e. The average molecular weight is 203 g/mol. The molecule has 0 aromatic rings. The number of nitrogens with one attached hydrogen (secondary N) is 1. The van der Waals surface area contributed by atoms with Gasteiger partial charge in [0.25, 0.3) is 0 Å². The van der Waals surface area contributed by atoms with Crippen LogP contribution in [0.15, 0.2) is 0 Å². The first kappa shape index (κ1) is 13.9. The number of hydroxylamine groups is 1. The number of unbranched alkanes of at least 4 members (excludes halogenated alkanes) is 5. The van der Waals surface area contributed by atoms with Crippen molar-refractivity contribution in [3.05, 3.63) is 0 Å². The molecule has 0 saturated carbocycles. The van der Waals surface area contributed by atoms with E-state index >= 15 is 0 Å². The molecule has 0 aromatic carbocycles. The molecular weight excluding hydrogens is 178 g/mol. The van der Waals surface area contributed by atoms with Gasteiger partial charge in [-0.15, -0.1) is 0 Å². The maximum atomic E-state index is 8.91. The Balaban J connectivity index is 2.85. The lowest BCUT2D eigenvalue weighted by atomic mass is 10.1. The van der Waals surface area contributed by atoms with Gasteiger partial charge in [0, 0.05) is 6.54 Å². The first-order valence-electron chi connectivity index (χ1n) is 5.80. The number of aliphatic hydroxyl groups excluding tert-OH is 1. The molecule has 0 aliphatic heterocycles. The van der Waals surface area contributed by atoms with E-state index in [2.05, 4.69) is 12.4 Å². The molecule has 1 unspecified atom stereocenters. The molecule has 2 N–H and O–H groups in total. The highest BCUT2D eigenvalue weighted by Gasteiger charge is 1.94. The van der Waals surface area contributed by atoms with E-state index in [-0.39, 0.29) is 6.10 Å². The fourth-order valence-corrected chi connectivity index (χ4v) is 1.21. The van der Waals surface area contributed by atoms with Gasteiger partial charge in [-0.3, -0.25) is 0 Å². The second-order valence-corrected chi connectivity index (χ2v) is 3.81. The molecule has 0 spiro atoms. The molecule has 0 rings (SSSR count). The van der Waals surface area contributed by atoms with Crippen LogP contribution in [0.3, 0.4) is 0 Å². The van der Waals surface area contributed by atoms with Gasteiger partial charge in [0.05, 0.1) is 12.7 Å². The smallest absolute Gasteiger partial charge is 0.0682 e. The predicted molar refractivity (Wildman–Crippen MR) is 59.0 cm³/mol. The zero-order valence-corrected chi connectivity index (χ0v) is 9.59. The molecule has 0 aliphatic carbocycles. The molecule has 0 aromatic heterocycles. The zero-order valence-electron chi connectivity index (χ0n) is 9.59. The summed E-state index contributed by atoms with van der Waals surface area (Å²) in [6.07, 6.45) is 7.32. The molecule has 0 heterocycles. The Morgan fingerprint density at radius 3 is 2.43 bits per heavy atom. The van der Waals surface area contributed by atoms with Gasteiger partial charge in [-0.05, 0) is 13.3 Å². The fourth-order valence-electron chi connectivity index (χ4n) is 1.21. The minimum absolute atomic E-state index is 0.334. The summed E-state index contributed by atoms with van der Waals surface area (Å²) >= 11 is 0. The van der Waals surface area contributed by atoms with Crippen molar-refractivity contribution in [1.82, 2.24) is 5.48 Å². The number of hydrogen-bond donors (Lipinski definition) is 2. The lowest BCUT2D eigenvalue weighted by Crippen LogP contribution is -2.25. The highest BCUT2D eigenvalue weighted by atomic mass is 16.6. The van der Waals surface area contributed by atoms with E-state index in [9.17, 15) is 0 Å². The van der Waals surface area contributed by atoms with Crippen LogP contribution in [-0.4, -0.2) is 24.4 Å². The first-order valence-corrected chi connectivity index (χ1v) is 5.80. The number of rotatable bonds is 10. The molecular formula is C11H25NO2. The second-order valence-electron chi connectivity index (χ2n) is 3.81. The molecule has 1 atom stereocenters. The van der Waals surface area contributed by atoms with Crippen LogP contribution < -0.4 is 5.48 Å². The molecule has 0 radical (unpaired) electrons. The lowest BCUT2D eigenvalue weighted by Gasteiger charge is -2.07. The summed E-state index contributed by atoms with van der Waals surface area (Å²) in [6, 6.07) is 0. The van der Waals surface area contributed by atoms with E-state index in [1.807, 2.05) is 0 Å². The Hall–Kier alpha value is -0.120. The quantitative estimate of drug-likeness (QED) is 0.422. The highest BCUT2D eigenvalue weighted by molar-refractivity contribution is 4.45. The Morgan fingerprint density at radius 1 is 1.14 bits per heavy atom. The van der Waals surface area contributed by atoms with Gasteiger partial charge in [-0.2, -0.15) is 5.48 Å². The molecule has 3 heteroatoms. The SMILES string of the molecule is CCCCCCCCONCC(C)O. The van der Waals surface area contributed by atoms with Crippen LogP contribution in [0.2, 0.25) is 0 Å². The number of hydrogen-bond acceptors (Lipinski definition) is 3. The summed E-state index contributed by atoms with van der Waals surface area (Å²) in [5.41, 5.74) is 2.74. The lowest BCUT2D eigenvalue weighted by molar-refractivity contribution is 0.0156. The summed E-state index contributed by atoms with van der Waals surface area (Å²) in [7, 11) is 0. The summed E-state index contributed by atoms with van der Waals surface area (Å²) in [5.74, 6) is 0. The molecule has 0 bridgehead atoms. The Labute approximate surface area is 87.8 Å². The summed E-state index contributed by atoms with van der Waals surface area (Å²) in [4.78, 5) is 5.14. The van der Waals surface area contributed by atoms with Gasteiger partial charge in [0.2, 0.25) is 0 Å². The van der Waals surface area contributed by atoms with Crippen molar-refractivity contribution in [1.29, 1.82) is 0 Å². The fraction of sp³-hybridized carbons (Fsp3) is 1.00. The Bertz CT molecular complexity index is 107. The van der Waals surface area contributed by atoms with E-state index in [1.165, 1.54) is 32.1 Å². The maximum absolute atomic E-state index is 8.91. The number of aliphatic hydroxyl groups is 1. The van der Waals surface area contributed by atoms with Gasteiger partial charge in [-0.25, -0.2) is 0 Å². The highest BCUT2D eigenvalue weighted by Crippen LogP contribution is 2.04. The van der Waals surface area contributed by atoms with E-state index in [0.717, 1.165) is 13.0 Å². The predicted octanol–water partition coefficient (Wildman–Crippen LogP) is 2.25. The van der Waals surface area contributed by atoms with Crippen LogP contribution in [0.25, 0.3) is 0 Å². The summed E-state index contributed by atoms with van der Waals surface area (Å²) < 4.78 is 0. The topological polar surface area (TPSA) is 41.5 Å².